The highest BCUT2D eigenvalue weighted by molar-refractivity contribution is 9.10. The molecule has 0 unspecified atom stereocenters. The van der Waals surface area contributed by atoms with Crippen LogP contribution in [0.3, 0.4) is 0 Å². The molecular weight excluding hydrogens is 299 g/mol. The van der Waals surface area contributed by atoms with Crippen molar-refractivity contribution in [1.82, 2.24) is 9.97 Å². The minimum Gasteiger partial charge on any atom is -0.357 e. The first-order valence-corrected chi connectivity index (χ1v) is 6.13. The Hall–Kier alpha value is -1.69. The molecule has 0 bridgehead atoms. The van der Waals surface area contributed by atoms with Crippen LogP contribution in [0.5, 0.6) is 0 Å². The summed E-state index contributed by atoms with van der Waals surface area (Å²) in [7, 11) is 1.74. The minimum absolute atomic E-state index is 0.319. The van der Waals surface area contributed by atoms with Crippen molar-refractivity contribution in [3.05, 3.63) is 40.2 Å². The average Bonchev–Trinajstić information content (AvgIpc) is 2.36. The molecule has 1 aromatic carbocycles. The second-order valence-electron chi connectivity index (χ2n) is 3.73. The van der Waals surface area contributed by atoms with Crippen LogP contribution in [0, 0.1) is 12.7 Å². The number of anilines is 3. The van der Waals surface area contributed by atoms with E-state index < -0.39 is 0 Å². The molecule has 4 nitrogen and oxygen atoms in total. The highest BCUT2D eigenvalue weighted by Crippen LogP contribution is 2.23. The summed E-state index contributed by atoms with van der Waals surface area (Å²) in [4.78, 5) is 8.36. The van der Waals surface area contributed by atoms with Crippen LogP contribution >= 0.6 is 15.9 Å². The van der Waals surface area contributed by atoms with E-state index in [2.05, 4.69) is 36.5 Å². The standard InChI is InChI=1S/C12H12BrFN4/c1-7-6-16-12(15-2)18-11(7)17-8-3-4-9(13)10(14)5-8/h3-6H,1-2H3,(H2,15,16,17,18). The van der Waals surface area contributed by atoms with Crippen molar-refractivity contribution in [2.24, 2.45) is 0 Å². The molecule has 2 aromatic rings. The second kappa shape index (κ2) is 5.30. The van der Waals surface area contributed by atoms with Gasteiger partial charge in [-0.1, -0.05) is 0 Å². The largest absolute Gasteiger partial charge is 0.357 e. The lowest BCUT2D eigenvalue weighted by Crippen LogP contribution is -2.02. The van der Waals surface area contributed by atoms with E-state index >= 15 is 0 Å². The molecule has 0 radical (unpaired) electrons. The molecule has 94 valence electrons. The molecule has 0 fully saturated rings. The smallest absolute Gasteiger partial charge is 0.224 e. The van der Waals surface area contributed by atoms with Gasteiger partial charge >= 0.3 is 0 Å². The Morgan fingerprint density at radius 2 is 2.11 bits per heavy atom. The van der Waals surface area contributed by atoms with Crippen molar-refractivity contribution in [3.8, 4) is 0 Å². The molecule has 0 amide bonds. The van der Waals surface area contributed by atoms with Gasteiger partial charge in [0.25, 0.3) is 0 Å². The Labute approximate surface area is 113 Å². The number of aromatic nitrogens is 2. The van der Waals surface area contributed by atoms with Gasteiger partial charge in [0.15, 0.2) is 0 Å². The summed E-state index contributed by atoms with van der Waals surface area (Å²) < 4.78 is 13.8. The van der Waals surface area contributed by atoms with Gasteiger partial charge in [0.05, 0.1) is 4.47 Å². The van der Waals surface area contributed by atoms with Gasteiger partial charge in [0.2, 0.25) is 5.95 Å². The normalized spacial score (nSPS) is 10.2. The number of hydrogen-bond acceptors (Lipinski definition) is 4. The van der Waals surface area contributed by atoms with Crippen LogP contribution in [0.1, 0.15) is 5.56 Å². The Bertz CT molecular complexity index is 574. The molecule has 0 aliphatic heterocycles. The first kappa shape index (κ1) is 12.8. The van der Waals surface area contributed by atoms with Crippen LogP contribution in [0.2, 0.25) is 0 Å². The van der Waals surface area contributed by atoms with Gasteiger partial charge in [-0.15, -0.1) is 0 Å². The Morgan fingerprint density at radius 1 is 1.33 bits per heavy atom. The van der Waals surface area contributed by atoms with Crippen LogP contribution in [-0.4, -0.2) is 17.0 Å². The van der Waals surface area contributed by atoms with Crippen LogP contribution in [0.25, 0.3) is 0 Å². The highest BCUT2D eigenvalue weighted by atomic mass is 79.9. The molecule has 0 spiro atoms. The predicted octanol–water partition coefficient (Wildman–Crippen LogP) is 3.47. The summed E-state index contributed by atoms with van der Waals surface area (Å²) in [5.74, 6) is 0.845. The van der Waals surface area contributed by atoms with Crippen molar-refractivity contribution in [2.45, 2.75) is 6.92 Å². The number of nitrogens with zero attached hydrogens (tertiary/aromatic N) is 2. The molecular formula is C12H12BrFN4. The van der Waals surface area contributed by atoms with E-state index in [4.69, 9.17) is 0 Å². The SMILES string of the molecule is CNc1ncc(C)c(Nc2ccc(Br)c(F)c2)n1. The predicted molar refractivity (Wildman–Crippen MR) is 73.7 cm³/mol. The van der Waals surface area contributed by atoms with Crippen molar-refractivity contribution in [1.29, 1.82) is 0 Å². The average molecular weight is 311 g/mol. The quantitative estimate of drug-likeness (QED) is 0.911. The molecule has 2 rings (SSSR count). The molecule has 6 heteroatoms. The van der Waals surface area contributed by atoms with Crippen LogP contribution in [0.4, 0.5) is 21.8 Å². The molecule has 0 aliphatic rings. The first-order valence-electron chi connectivity index (χ1n) is 5.33. The third-order valence-electron chi connectivity index (χ3n) is 2.38. The van der Waals surface area contributed by atoms with Gasteiger partial charge in [-0.2, -0.15) is 4.98 Å². The summed E-state index contributed by atoms with van der Waals surface area (Å²) in [5, 5.41) is 5.92. The van der Waals surface area contributed by atoms with E-state index in [-0.39, 0.29) is 5.82 Å². The number of benzene rings is 1. The van der Waals surface area contributed by atoms with E-state index in [1.807, 2.05) is 6.92 Å². The van der Waals surface area contributed by atoms with Crippen molar-refractivity contribution in [3.63, 3.8) is 0 Å². The third-order valence-corrected chi connectivity index (χ3v) is 3.02. The molecule has 1 heterocycles. The summed E-state index contributed by atoms with van der Waals surface area (Å²) >= 11 is 3.11. The third kappa shape index (κ3) is 2.76. The van der Waals surface area contributed by atoms with Gasteiger partial charge in [-0.05, 0) is 41.1 Å². The van der Waals surface area contributed by atoms with Gasteiger partial charge in [0, 0.05) is 24.5 Å². The van der Waals surface area contributed by atoms with E-state index in [0.29, 0.717) is 21.9 Å². The molecule has 0 saturated heterocycles. The number of halogens is 2. The highest BCUT2D eigenvalue weighted by Gasteiger charge is 2.05. The molecule has 0 saturated carbocycles. The Morgan fingerprint density at radius 3 is 2.78 bits per heavy atom. The van der Waals surface area contributed by atoms with Crippen molar-refractivity contribution >= 4 is 33.4 Å². The summed E-state index contributed by atoms with van der Waals surface area (Å²) in [6.07, 6.45) is 1.70. The maximum atomic E-state index is 13.4. The number of rotatable bonds is 3. The lowest BCUT2D eigenvalue weighted by Gasteiger charge is -2.10. The summed E-state index contributed by atoms with van der Waals surface area (Å²) in [5.41, 5.74) is 1.52. The van der Waals surface area contributed by atoms with Gasteiger partial charge in [0.1, 0.15) is 11.6 Å². The fraction of sp³-hybridized carbons (Fsp3) is 0.167. The maximum absolute atomic E-state index is 13.4. The Kier molecular flexibility index (Phi) is 3.76. The number of hydrogen-bond donors (Lipinski definition) is 2. The van der Waals surface area contributed by atoms with E-state index in [1.165, 1.54) is 6.07 Å². The first-order chi connectivity index (χ1) is 8.60. The maximum Gasteiger partial charge on any atom is 0.224 e. The van der Waals surface area contributed by atoms with Crippen molar-refractivity contribution in [2.75, 3.05) is 17.7 Å². The zero-order valence-electron chi connectivity index (χ0n) is 9.96. The van der Waals surface area contributed by atoms with Crippen LogP contribution in [-0.2, 0) is 0 Å². The van der Waals surface area contributed by atoms with Gasteiger partial charge in [-0.3, -0.25) is 0 Å². The molecule has 18 heavy (non-hydrogen) atoms. The van der Waals surface area contributed by atoms with E-state index in [0.717, 1.165) is 5.56 Å². The van der Waals surface area contributed by atoms with Crippen LogP contribution in [0.15, 0.2) is 28.9 Å². The molecule has 1 aromatic heterocycles. The zero-order valence-corrected chi connectivity index (χ0v) is 11.5. The van der Waals surface area contributed by atoms with Gasteiger partial charge in [-0.25, -0.2) is 9.37 Å². The summed E-state index contributed by atoms with van der Waals surface area (Å²) in [6, 6.07) is 4.83. The Balaban J connectivity index is 2.30. The molecule has 2 N–H and O–H groups in total. The minimum atomic E-state index is -0.319. The second-order valence-corrected chi connectivity index (χ2v) is 4.58. The van der Waals surface area contributed by atoms with Gasteiger partial charge < -0.3 is 10.6 Å². The zero-order chi connectivity index (χ0) is 13.1. The topological polar surface area (TPSA) is 49.8 Å². The number of nitrogens with one attached hydrogen (secondary N) is 2. The fourth-order valence-corrected chi connectivity index (χ4v) is 1.65. The fourth-order valence-electron chi connectivity index (χ4n) is 1.40. The van der Waals surface area contributed by atoms with E-state index in [1.54, 1.807) is 25.4 Å². The molecule has 0 aliphatic carbocycles. The molecule has 0 atom stereocenters. The monoisotopic (exact) mass is 310 g/mol. The van der Waals surface area contributed by atoms with Crippen molar-refractivity contribution < 1.29 is 4.39 Å². The lowest BCUT2D eigenvalue weighted by molar-refractivity contribution is 0.622. The lowest BCUT2D eigenvalue weighted by atomic mass is 10.3. The van der Waals surface area contributed by atoms with E-state index in [9.17, 15) is 4.39 Å². The summed E-state index contributed by atoms with van der Waals surface area (Å²) in [6.45, 7) is 1.89. The van der Waals surface area contributed by atoms with Crippen LogP contribution < -0.4 is 10.6 Å². The number of aryl methyl sites for hydroxylation is 1.